The van der Waals surface area contributed by atoms with Crippen molar-refractivity contribution in [2.75, 3.05) is 13.2 Å². The zero-order valence-corrected chi connectivity index (χ0v) is 22.6. The second-order valence-electron chi connectivity index (χ2n) is 11.5. The van der Waals surface area contributed by atoms with Crippen LogP contribution in [-0.4, -0.2) is 13.2 Å². The SMILES string of the molecule is CCCCCCCC1CCC(COc2ccc(OCCCC3CCC(CCC)CC3)cc2)CC1. The van der Waals surface area contributed by atoms with Crippen LogP contribution in [0.2, 0.25) is 0 Å². The largest absolute Gasteiger partial charge is 0.494 e. The molecule has 34 heavy (non-hydrogen) atoms. The summed E-state index contributed by atoms with van der Waals surface area (Å²) in [7, 11) is 0. The van der Waals surface area contributed by atoms with Crippen molar-refractivity contribution in [3.63, 3.8) is 0 Å². The van der Waals surface area contributed by atoms with Gasteiger partial charge in [0.25, 0.3) is 0 Å². The van der Waals surface area contributed by atoms with Crippen molar-refractivity contribution in [1.29, 1.82) is 0 Å². The molecule has 2 saturated carbocycles. The van der Waals surface area contributed by atoms with Crippen LogP contribution in [-0.2, 0) is 0 Å². The Labute approximate surface area is 211 Å². The zero-order chi connectivity index (χ0) is 23.8. The minimum Gasteiger partial charge on any atom is -0.494 e. The first-order valence-corrected chi connectivity index (χ1v) is 15.1. The van der Waals surface area contributed by atoms with E-state index >= 15 is 0 Å². The second kappa shape index (κ2) is 16.5. The highest BCUT2D eigenvalue weighted by molar-refractivity contribution is 5.31. The minimum atomic E-state index is 0.740. The van der Waals surface area contributed by atoms with E-state index in [1.807, 2.05) is 0 Å². The van der Waals surface area contributed by atoms with Crippen molar-refractivity contribution in [2.45, 2.75) is 129 Å². The van der Waals surface area contributed by atoms with Gasteiger partial charge in [-0.1, -0.05) is 104 Å². The summed E-state index contributed by atoms with van der Waals surface area (Å²) in [5.74, 6) is 5.65. The van der Waals surface area contributed by atoms with Gasteiger partial charge in [-0.3, -0.25) is 0 Å². The molecule has 0 atom stereocenters. The van der Waals surface area contributed by atoms with Crippen LogP contribution in [0.5, 0.6) is 11.5 Å². The van der Waals surface area contributed by atoms with Crippen molar-refractivity contribution in [3.8, 4) is 11.5 Å². The van der Waals surface area contributed by atoms with E-state index in [9.17, 15) is 0 Å². The lowest BCUT2D eigenvalue weighted by Crippen LogP contribution is -2.20. The Bertz CT molecular complexity index is 608. The van der Waals surface area contributed by atoms with Crippen molar-refractivity contribution >= 4 is 0 Å². The third kappa shape index (κ3) is 10.6. The van der Waals surface area contributed by atoms with Crippen LogP contribution in [0.3, 0.4) is 0 Å². The van der Waals surface area contributed by atoms with E-state index in [1.165, 1.54) is 116 Å². The lowest BCUT2D eigenvalue weighted by atomic mass is 9.78. The summed E-state index contributed by atoms with van der Waals surface area (Å²) in [6.45, 7) is 6.35. The maximum absolute atomic E-state index is 6.14. The highest BCUT2D eigenvalue weighted by Crippen LogP contribution is 2.34. The van der Waals surface area contributed by atoms with Crippen LogP contribution in [0.1, 0.15) is 129 Å². The van der Waals surface area contributed by atoms with Gasteiger partial charge < -0.3 is 9.47 Å². The molecule has 0 unspecified atom stereocenters. The molecule has 0 saturated heterocycles. The second-order valence-corrected chi connectivity index (χ2v) is 11.5. The summed E-state index contributed by atoms with van der Waals surface area (Å²) >= 11 is 0. The molecular formula is C32H54O2. The third-order valence-electron chi connectivity index (χ3n) is 8.68. The predicted octanol–water partition coefficient (Wildman–Crippen LogP) is 10.00. The van der Waals surface area contributed by atoms with Gasteiger partial charge in [-0.2, -0.15) is 0 Å². The molecule has 0 aliphatic heterocycles. The highest BCUT2D eigenvalue weighted by Gasteiger charge is 2.22. The number of rotatable bonds is 16. The fourth-order valence-electron chi connectivity index (χ4n) is 6.35. The lowest BCUT2D eigenvalue weighted by Gasteiger charge is -2.28. The number of hydrogen-bond donors (Lipinski definition) is 0. The Morgan fingerprint density at radius 2 is 1.03 bits per heavy atom. The van der Waals surface area contributed by atoms with E-state index in [0.29, 0.717) is 0 Å². The Morgan fingerprint density at radius 3 is 1.62 bits per heavy atom. The minimum absolute atomic E-state index is 0.740. The molecule has 0 radical (unpaired) electrons. The van der Waals surface area contributed by atoms with Crippen LogP contribution >= 0.6 is 0 Å². The van der Waals surface area contributed by atoms with Crippen LogP contribution in [0.15, 0.2) is 24.3 Å². The molecule has 2 aliphatic rings. The quantitative estimate of drug-likeness (QED) is 0.224. The van der Waals surface area contributed by atoms with Gasteiger partial charge in [0, 0.05) is 0 Å². The maximum atomic E-state index is 6.14. The molecule has 3 rings (SSSR count). The van der Waals surface area contributed by atoms with Gasteiger partial charge in [0.05, 0.1) is 13.2 Å². The molecule has 0 amide bonds. The molecule has 0 bridgehead atoms. The van der Waals surface area contributed by atoms with Gasteiger partial charge in [0.1, 0.15) is 11.5 Å². The van der Waals surface area contributed by atoms with Gasteiger partial charge in [0.2, 0.25) is 0 Å². The summed E-state index contributed by atoms with van der Waals surface area (Å²) in [6.07, 6.45) is 25.2. The van der Waals surface area contributed by atoms with E-state index < -0.39 is 0 Å². The topological polar surface area (TPSA) is 18.5 Å². The molecular weight excluding hydrogens is 416 g/mol. The smallest absolute Gasteiger partial charge is 0.119 e. The van der Waals surface area contributed by atoms with Gasteiger partial charge >= 0.3 is 0 Å². The molecule has 1 aromatic rings. The fourth-order valence-corrected chi connectivity index (χ4v) is 6.35. The van der Waals surface area contributed by atoms with E-state index in [0.717, 1.165) is 48.4 Å². The number of benzene rings is 1. The molecule has 0 heterocycles. The lowest BCUT2D eigenvalue weighted by molar-refractivity contribution is 0.177. The molecule has 194 valence electrons. The summed E-state index contributed by atoms with van der Waals surface area (Å²) in [5, 5.41) is 0. The monoisotopic (exact) mass is 470 g/mol. The fraction of sp³-hybridized carbons (Fsp3) is 0.812. The van der Waals surface area contributed by atoms with Gasteiger partial charge in [-0.25, -0.2) is 0 Å². The summed E-state index contributed by atoms with van der Waals surface area (Å²) < 4.78 is 12.2. The van der Waals surface area contributed by atoms with Crippen molar-refractivity contribution in [2.24, 2.45) is 23.7 Å². The molecule has 2 heteroatoms. The van der Waals surface area contributed by atoms with Crippen LogP contribution in [0, 0.1) is 23.7 Å². The normalized spacial score (nSPS) is 25.2. The van der Waals surface area contributed by atoms with E-state index in [-0.39, 0.29) is 0 Å². The molecule has 2 aliphatic carbocycles. The third-order valence-corrected chi connectivity index (χ3v) is 8.68. The van der Waals surface area contributed by atoms with Gasteiger partial charge in [-0.05, 0) is 73.6 Å². The van der Waals surface area contributed by atoms with Gasteiger partial charge in [-0.15, -0.1) is 0 Å². The average molecular weight is 471 g/mol. The molecule has 2 fully saturated rings. The molecule has 0 spiro atoms. The molecule has 0 aromatic heterocycles. The van der Waals surface area contributed by atoms with Crippen molar-refractivity contribution < 1.29 is 9.47 Å². The summed E-state index contributed by atoms with van der Waals surface area (Å²) in [5.41, 5.74) is 0. The molecule has 0 N–H and O–H groups in total. The predicted molar refractivity (Wildman–Crippen MR) is 146 cm³/mol. The van der Waals surface area contributed by atoms with Gasteiger partial charge in [0.15, 0.2) is 0 Å². The first-order chi connectivity index (χ1) is 16.8. The molecule has 1 aromatic carbocycles. The first-order valence-electron chi connectivity index (χ1n) is 15.1. The first kappa shape index (κ1) is 27.4. The molecule has 2 nitrogen and oxygen atoms in total. The van der Waals surface area contributed by atoms with E-state index in [1.54, 1.807) is 0 Å². The average Bonchev–Trinajstić information content (AvgIpc) is 2.88. The zero-order valence-electron chi connectivity index (χ0n) is 22.6. The Balaban J connectivity index is 1.21. The maximum Gasteiger partial charge on any atom is 0.119 e. The summed E-state index contributed by atoms with van der Waals surface area (Å²) in [6, 6.07) is 8.35. The number of hydrogen-bond acceptors (Lipinski definition) is 2. The van der Waals surface area contributed by atoms with Crippen LogP contribution < -0.4 is 9.47 Å². The Kier molecular flexibility index (Phi) is 13.3. The number of ether oxygens (including phenoxy) is 2. The standard InChI is InChI=1S/C32H54O2/c1-3-5-6-7-8-11-28-17-19-30(20-18-28)26-34-32-23-21-31(22-24-32)33-25-9-12-29-15-13-27(10-4-2)14-16-29/h21-24,27-30H,3-20,25-26H2,1-2H3. The highest BCUT2D eigenvalue weighted by atomic mass is 16.5. The van der Waals surface area contributed by atoms with Crippen molar-refractivity contribution in [3.05, 3.63) is 24.3 Å². The van der Waals surface area contributed by atoms with Crippen LogP contribution in [0.25, 0.3) is 0 Å². The Morgan fingerprint density at radius 1 is 0.529 bits per heavy atom. The number of unbranched alkanes of at least 4 members (excludes halogenated alkanes) is 4. The van der Waals surface area contributed by atoms with Crippen molar-refractivity contribution in [1.82, 2.24) is 0 Å². The Hall–Kier alpha value is -1.18. The van der Waals surface area contributed by atoms with E-state index in [2.05, 4.69) is 38.1 Å². The summed E-state index contributed by atoms with van der Waals surface area (Å²) in [4.78, 5) is 0. The van der Waals surface area contributed by atoms with Crippen LogP contribution in [0.4, 0.5) is 0 Å². The van der Waals surface area contributed by atoms with E-state index in [4.69, 9.17) is 9.47 Å².